The Morgan fingerprint density at radius 1 is 1.16 bits per heavy atom. The van der Waals surface area contributed by atoms with Crippen LogP contribution in [0.15, 0.2) is 53.4 Å². The van der Waals surface area contributed by atoms with Crippen molar-refractivity contribution in [1.82, 2.24) is 9.82 Å². The largest absolute Gasteiger partial charge is 0.462 e. The van der Waals surface area contributed by atoms with Gasteiger partial charge < -0.3 is 4.74 Å². The molecular weight excluding hydrogens is 362 g/mol. The summed E-state index contributed by atoms with van der Waals surface area (Å²) in [6, 6.07) is 13.0. The molecule has 7 nitrogen and oxygen atoms in total. The molecule has 0 saturated carbocycles. The number of ether oxygens (including phenoxy) is 1. The number of nitrogens with one attached hydrogen (secondary N) is 2. The molecule has 2 aromatic carbocycles. The monoisotopic (exact) mass is 377 g/mol. The number of nitrogens with zero attached hydrogens (tertiary/aromatic N) is 1. The third-order valence-corrected chi connectivity index (χ3v) is 5.48. The number of carbonyl (C=O) groups is 1. The van der Waals surface area contributed by atoms with Gasteiger partial charge in [-0.3, -0.25) is 5.43 Å². The fraction of sp³-hybridized carbons (Fsp3) is 0.125. The molecule has 0 radical (unpaired) electrons. The maximum Gasteiger partial charge on any atom is 0.338 e. The average molecular weight is 377 g/mol. The predicted octanol–water partition coefficient (Wildman–Crippen LogP) is 2.78. The molecule has 3 aromatic rings. The second-order valence-electron chi connectivity index (χ2n) is 4.96. The van der Waals surface area contributed by atoms with Gasteiger partial charge in [0.1, 0.15) is 0 Å². The number of carbonyl (C=O) groups excluding carboxylic acids is 1. The SMILES string of the molecule is CCOC(=O)c1ccc(S(=O)(=O)NNc2nc3ccccc3s2)cc1. The van der Waals surface area contributed by atoms with E-state index in [4.69, 9.17) is 4.74 Å². The Morgan fingerprint density at radius 3 is 2.56 bits per heavy atom. The summed E-state index contributed by atoms with van der Waals surface area (Å²) < 4.78 is 30.4. The average Bonchev–Trinajstić information content (AvgIpc) is 3.03. The van der Waals surface area contributed by atoms with E-state index in [1.807, 2.05) is 24.3 Å². The summed E-state index contributed by atoms with van der Waals surface area (Å²) in [4.78, 5) is 18.2. The van der Waals surface area contributed by atoms with Crippen molar-refractivity contribution in [2.75, 3.05) is 12.0 Å². The van der Waals surface area contributed by atoms with E-state index in [-0.39, 0.29) is 11.5 Å². The summed E-state index contributed by atoms with van der Waals surface area (Å²) in [5.41, 5.74) is 3.69. The quantitative estimate of drug-likeness (QED) is 0.506. The fourth-order valence-corrected chi connectivity index (χ4v) is 3.81. The molecule has 0 spiro atoms. The van der Waals surface area contributed by atoms with E-state index in [0.29, 0.717) is 10.7 Å². The first kappa shape index (κ1) is 17.3. The molecule has 2 N–H and O–H groups in total. The van der Waals surface area contributed by atoms with Crippen LogP contribution in [0.3, 0.4) is 0 Å². The molecule has 25 heavy (non-hydrogen) atoms. The molecule has 0 saturated heterocycles. The van der Waals surface area contributed by atoms with Crippen molar-refractivity contribution in [2.24, 2.45) is 0 Å². The first-order valence-electron chi connectivity index (χ1n) is 7.40. The highest BCUT2D eigenvalue weighted by atomic mass is 32.2. The lowest BCUT2D eigenvalue weighted by Crippen LogP contribution is -2.29. The van der Waals surface area contributed by atoms with Crippen molar-refractivity contribution >= 4 is 42.7 Å². The summed E-state index contributed by atoms with van der Waals surface area (Å²) in [7, 11) is -3.80. The number of benzene rings is 2. The minimum absolute atomic E-state index is 0.0224. The van der Waals surface area contributed by atoms with Crippen molar-refractivity contribution in [3.63, 3.8) is 0 Å². The lowest BCUT2D eigenvalue weighted by molar-refractivity contribution is 0.0526. The summed E-state index contributed by atoms with van der Waals surface area (Å²) in [6.07, 6.45) is 0. The van der Waals surface area contributed by atoms with Gasteiger partial charge in [0.2, 0.25) is 0 Å². The third kappa shape index (κ3) is 3.95. The zero-order valence-corrected chi connectivity index (χ0v) is 14.9. The number of aromatic nitrogens is 1. The molecule has 0 fully saturated rings. The number of para-hydroxylation sites is 1. The first-order chi connectivity index (χ1) is 12.0. The number of hydrazine groups is 1. The van der Waals surface area contributed by atoms with Crippen LogP contribution in [0.5, 0.6) is 0 Å². The van der Waals surface area contributed by atoms with Gasteiger partial charge in [0.15, 0.2) is 5.13 Å². The van der Waals surface area contributed by atoms with Gasteiger partial charge in [0.25, 0.3) is 10.0 Å². The number of thiazole rings is 1. The minimum atomic E-state index is -3.80. The Morgan fingerprint density at radius 2 is 1.88 bits per heavy atom. The molecule has 0 aliphatic heterocycles. The van der Waals surface area contributed by atoms with Crippen molar-refractivity contribution in [1.29, 1.82) is 0 Å². The number of hydrogen-bond donors (Lipinski definition) is 2. The van der Waals surface area contributed by atoms with E-state index in [1.54, 1.807) is 6.92 Å². The Labute approximate surface area is 148 Å². The zero-order chi connectivity index (χ0) is 17.9. The van der Waals surface area contributed by atoms with Gasteiger partial charge in [-0.05, 0) is 43.3 Å². The molecule has 0 atom stereocenters. The van der Waals surface area contributed by atoms with E-state index >= 15 is 0 Å². The Bertz CT molecular complexity index is 965. The number of hydrogen-bond acceptors (Lipinski definition) is 7. The van der Waals surface area contributed by atoms with Crippen LogP contribution in [0.25, 0.3) is 10.2 Å². The molecule has 1 aromatic heterocycles. The molecule has 9 heteroatoms. The normalized spacial score (nSPS) is 11.4. The Balaban J connectivity index is 1.71. The summed E-state index contributed by atoms with van der Waals surface area (Å²) in [5.74, 6) is -0.494. The van der Waals surface area contributed by atoms with Crippen molar-refractivity contribution < 1.29 is 17.9 Å². The summed E-state index contributed by atoms with van der Waals surface area (Å²) in [6.45, 7) is 1.96. The molecule has 0 amide bonds. The van der Waals surface area contributed by atoms with E-state index in [0.717, 1.165) is 10.2 Å². The molecule has 130 valence electrons. The second kappa shape index (κ2) is 7.18. The van der Waals surface area contributed by atoms with Gasteiger partial charge in [0.05, 0.1) is 27.3 Å². The Hall–Kier alpha value is -2.49. The van der Waals surface area contributed by atoms with Gasteiger partial charge in [-0.1, -0.05) is 23.5 Å². The van der Waals surface area contributed by atoms with E-state index < -0.39 is 16.0 Å². The molecule has 1 heterocycles. The van der Waals surface area contributed by atoms with E-state index in [1.165, 1.54) is 35.6 Å². The van der Waals surface area contributed by atoms with Crippen LogP contribution in [-0.2, 0) is 14.8 Å². The van der Waals surface area contributed by atoms with Crippen LogP contribution >= 0.6 is 11.3 Å². The number of anilines is 1. The predicted molar refractivity (Wildman–Crippen MR) is 96.0 cm³/mol. The highest BCUT2D eigenvalue weighted by molar-refractivity contribution is 7.89. The highest BCUT2D eigenvalue weighted by Crippen LogP contribution is 2.25. The van der Waals surface area contributed by atoms with Gasteiger partial charge >= 0.3 is 5.97 Å². The van der Waals surface area contributed by atoms with Crippen LogP contribution in [0.1, 0.15) is 17.3 Å². The van der Waals surface area contributed by atoms with Crippen molar-refractivity contribution in [2.45, 2.75) is 11.8 Å². The molecular formula is C16H15N3O4S2. The van der Waals surface area contributed by atoms with Gasteiger partial charge in [-0.2, -0.15) is 0 Å². The van der Waals surface area contributed by atoms with Gasteiger partial charge in [0, 0.05) is 0 Å². The first-order valence-corrected chi connectivity index (χ1v) is 9.70. The number of esters is 1. The maximum atomic E-state index is 12.3. The highest BCUT2D eigenvalue weighted by Gasteiger charge is 2.16. The third-order valence-electron chi connectivity index (χ3n) is 3.26. The van der Waals surface area contributed by atoms with Crippen LogP contribution in [0.2, 0.25) is 0 Å². The number of sulfonamides is 1. The Kier molecular flexibility index (Phi) is 4.98. The summed E-state index contributed by atoms with van der Waals surface area (Å²) >= 11 is 1.33. The lowest BCUT2D eigenvalue weighted by atomic mass is 10.2. The number of rotatable bonds is 6. The summed E-state index contributed by atoms with van der Waals surface area (Å²) in [5, 5.41) is 0.438. The standard InChI is InChI=1S/C16H15N3O4S2/c1-2-23-15(20)11-7-9-12(10-8-11)25(21,22)19-18-16-17-13-5-3-4-6-14(13)24-16/h3-10,19H,2H2,1H3,(H,17,18). The minimum Gasteiger partial charge on any atom is -0.462 e. The van der Waals surface area contributed by atoms with E-state index in [9.17, 15) is 13.2 Å². The van der Waals surface area contributed by atoms with Crippen molar-refractivity contribution in [3.05, 3.63) is 54.1 Å². The molecule has 0 bridgehead atoms. The van der Waals surface area contributed by atoms with Crippen molar-refractivity contribution in [3.8, 4) is 0 Å². The molecule has 3 rings (SSSR count). The molecule has 0 aliphatic rings. The number of fused-ring (bicyclic) bond motifs is 1. The van der Waals surface area contributed by atoms with Crippen LogP contribution in [0, 0.1) is 0 Å². The molecule has 0 aliphatic carbocycles. The fourth-order valence-electron chi connectivity index (χ4n) is 2.08. The van der Waals surface area contributed by atoms with Crippen LogP contribution in [0.4, 0.5) is 5.13 Å². The van der Waals surface area contributed by atoms with Crippen LogP contribution in [-0.4, -0.2) is 26.0 Å². The van der Waals surface area contributed by atoms with E-state index in [2.05, 4.69) is 15.2 Å². The van der Waals surface area contributed by atoms with Crippen LogP contribution < -0.4 is 10.3 Å². The van der Waals surface area contributed by atoms with Gasteiger partial charge in [-0.15, -0.1) is 4.83 Å². The topological polar surface area (TPSA) is 97.4 Å². The zero-order valence-electron chi connectivity index (χ0n) is 13.2. The smallest absolute Gasteiger partial charge is 0.338 e. The maximum absolute atomic E-state index is 12.3. The van der Waals surface area contributed by atoms with Gasteiger partial charge in [-0.25, -0.2) is 18.2 Å². The second-order valence-corrected chi connectivity index (χ2v) is 7.68. The molecule has 0 unspecified atom stereocenters. The lowest BCUT2D eigenvalue weighted by Gasteiger charge is -2.07.